The zero-order chi connectivity index (χ0) is 8.20. The van der Waals surface area contributed by atoms with Crippen molar-refractivity contribution < 1.29 is 9.53 Å². The third kappa shape index (κ3) is 2.24. The van der Waals surface area contributed by atoms with Crippen LogP contribution in [0.1, 0.15) is 27.2 Å². The van der Waals surface area contributed by atoms with Gasteiger partial charge in [-0.25, -0.2) is 0 Å². The maximum absolute atomic E-state index is 10.9. The average Bonchev–Trinajstić information content (AvgIpc) is 1.89. The summed E-state index contributed by atoms with van der Waals surface area (Å²) in [5.74, 6) is -0.398. The van der Waals surface area contributed by atoms with Crippen molar-refractivity contribution in [2.24, 2.45) is 5.41 Å². The minimum atomic E-state index is -0.492. The molecule has 0 saturated carbocycles. The molecule has 0 aromatic rings. The summed E-state index contributed by atoms with van der Waals surface area (Å²) in [5, 5.41) is 0. The summed E-state index contributed by atoms with van der Waals surface area (Å²) in [5.41, 5.74) is -0.492. The van der Waals surface area contributed by atoms with Crippen LogP contribution < -0.4 is 0 Å². The van der Waals surface area contributed by atoms with E-state index < -0.39 is 11.4 Å². The molecule has 10 heavy (non-hydrogen) atoms. The van der Waals surface area contributed by atoms with E-state index in [-0.39, 0.29) is 0 Å². The fourth-order valence-electron chi connectivity index (χ4n) is 0.329. The van der Waals surface area contributed by atoms with Crippen molar-refractivity contribution in [1.82, 2.24) is 0 Å². The van der Waals surface area contributed by atoms with Gasteiger partial charge in [-0.2, -0.15) is 0 Å². The third-order valence-electron chi connectivity index (χ3n) is 1.58. The standard InChI is InChI=1S/C8H11O2/c1-5-8(3,4)7(9)10-6-2/h5H2,1,3-4H3/q+1. The van der Waals surface area contributed by atoms with Gasteiger partial charge in [-0.15, -0.1) is 0 Å². The van der Waals surface area contributed by atoms with Gasteiger partial charge in [0, 0.05) is 0 Å². The van der Waals surface area contributed by atoms with E-state index in [1.165, 1.54) is 0 Å². The Labute approximate surface area is 61.6 Å². The molecule has 0 aliphatic carbocycles. The van der Waals surface area contributed by atoms with Crippen LogP contribution in [0.3, 0.4) is 0 Å². The van der Waals surface area contributed by atoms with Crippen molar-refractivity contribution in [2.75, 3.05) is 0 Å². The van der Waals surface area contributed by atoms with Gasteiger partial charge in [-0.3, -0.25) is 0 Å². The third-order valence-corrected chi connectivity index (χ3v) is 1.58. The summed E-state index contributed by atoms with van der Waals surface area (Å²) in [6, 6.07) is 0. The van der Waals surface area contributed by atoms with Crippen molar-refractivity contribution >= 4 is 5.97 Å². The van der Waals surface area contributed by atoms with Gasteiger partial charge in [0.25, 0.3) is 0 Å². The molecule has 0 fully saturated rings. The molecule has 0 spiro atoms. The average molecular weight is 139 g/mol. The van der Waals surface area contributed by atoms with Crippen LogP contribution in [-0.4, -0.2) is 5.97 Å². The molecule has 0 bridgehead atoms. The first kappa shape index (κ1) is 9.25. The molecular weight excluding hydrogens is 128 g/mol. The molecule has 0 aromatic carbocycles. The first-order valence-electron chi connectivity index (χ1n) is 3.17. The van der Waals surface area contributed by atoms with Gasteiger partial charge in [-0.1, -0.05) is 0 Å². The predicted molar refractivity (Wildman–Crippen MR) is 37.3 cm³/mol. The summed E-state index contributed by atoms with van der Waals surface area (Å²) < 4.78 is 4.28. The molecule has 0 unspecified atom stereocenters. The van der Waals surface area contributed by atoms with Crippen LogP contribution in [0.15, 0.2) is 0 Å². The fourth-order valence-corrected chi connectivity index (χ4v) is 0.329. The van der Waals surface area contributed by atoms with Crippen LogP contribution >= 0.6 is 0 Å². The SMILES string of the molecule is [C+]#COC(=O)C(C)(C)CC. The molecule has 0 aliphatic rings. The summed E-state index contributed by atoms with van der Waals surface area (Å²) in [6.45, 7) is 5.44. The normalized spacial score (nSPS) is 10.5. The molecule has 2 heteroatoms. The van der Waals surface area contributed by atoms with Gasteiger partial charge < -0.3 is 0 Å². The van der Waals surface area contributed by atoms with E-state index in [2.05, 4.69) is 4.74 Å². The van der Waals surface area contributed by atoms with Crippen LogP contribution in [-0.2, 0) is 9.53 Å². The second kappa shape index (κ2) is 3.43. The summed E-state index contributed by atoms with van der Waals surface area (Å²) in [7, 11) is 0. The van der Waals surface area contributed by atoms with E-state index in [1.807, 2.05) is 6.92 Å². The van der Waals surface area contributed by atoms with E-state index in [4.69, 9.17) is 6.42 Å². The Morgan fingerprint density at radius 2 is 2.20 bits per heavy atom. The van der Waals surface area contributed by atoms with Gasteiger partial charge in [0.1, 0.15) is 0 Å². The first-order valence-corrected chi connectivity index (χ1v) is 3.17. The molecule has 0 aromatic heterocycles. The number of carbonyl (C=O) groups excluding carboxylic acids is 1. The topological polar surface area (TPSA) is 26.3 Å². The Morgan fingerprint density at radius 3 is 2.50 bits per heavy atom. The molecule has 0 heterocycles. The molecule has 0 saturated heterocycles. The Balaban J connectivity index is 4.08. The molecule has 54 valence electrons. The number of hydrogen-bond acceptors (Lipinski definition) is 2. The van der Waals surface area contributed by atoms with Crippen molar-refractivity contribution in [2.45, 2.75) is 27.2 Å². The first-order chi connectivity index (χ1) is 4.54. The molecular formula is C8H11O2+. The molecule has 0 N–H and O–H groups in total. The van der Waals surface area contributed by atoms with Crippen molar-refractivity contribution in [3.05, 3.63) is 6.42 Å². The van der Waals surface area contributed by atoms with E-state index in [0.717, 1.165) is 0 Å². The molecule has 0 amide bonds. The molecule has 0 aliphatic heterocycles. The zero-order valence-corrected chi connectivity index (χ0v) is 6.52. The quantitative estimate of drug-likeness (QED) is 0.329. The van der Waals surface area contributed by atoms with Crippen LogP contribution in [0.4, 0.5) is 0 Å². The summed E-state index contributed by atoms with van der Waals surface area (Å²) in [6.07, 6.45) is 8.71. The van der Waals surface area contributed by atoms with Gasteiger partial charge in [0.05, 0.1) is 0 Å². The Hall–Kier alpha value is -0.750. The number of rotatable bonds is 2. The molecule has 0 atom stereocenters. The Morgan fingerprint density at radius 1 is 1.70 bits per heavy atom. The maximum atomic E-state index is 10.9. The number of esters is 1. The van der Waals surface area contributed by atoms with Crippen molar-refractivity contribution in [3.8, 4) is 6.11 Å². The van der Waals surface area contributed by atoms with E-state index in [0.29, 0.717) is 6.42 Å². The summed E-state index contributed by atoms with van der Waals surface area (Å²) >= 11 is 0. The molecule has 0 radical (unpaired) electrons. The number of carbonyl (C=O) groups is 1. The van der Waals surface area contributed by atoms with Crippen LogP contribution in [0.5, 0.6) is 0 Å². The fraction of sp³-hybridized carbons (Fsp3) is 0.625. The van der Waals surface area contributed by atoms with Crippen LogP contribution in [0.2, 0.25) is 0 Å². The minimum absolute atomic E-state index is 0.398. The number of hydrogen-bond donors (Lipinski definition) is 0. The molecule has 2 nitrogen and oxygen atoms in total. The van der Waals surface area contributed by atoms with Gasteiger partial charge in [0.15, 0.2) is 0 Å². The van der Waals surface area contributed by atoms with Crippen LogP contribution in [0, 0.1) is 17.9 Å². The Bertz CT molecular complexity index is 163. The van der Waals surface area contributed by atoms with E-state index in [1.54, 1.807) is 20.0 Å². The Kier molecular flexibility index (Phi) is 3.17. The van der Waals surface area contributed by atoms with Crippen LogP contribution in [0.25, 0.3) is 0 Å². The second-order valence-corrected chi connectivity index (χ2v) is 2.73. The van der Waals surface area contributed by atoms with E-state index in [9.17, 15) is 4.79 Å². The molecule has 0 rings (SSSR count). The second-order valence-electron chi connectivity index (χ2n) is 2.73. The number of ether oxygens (including phenoxy) is 1. The zero-order valence-electron chi connectivity index (χ0n) is 6.52. The predicted octanol–water partition coefficient (Wildman–Crippen LogP) is 1.51. The van der Waals surface area contributed by atoms with Gasteiger partial charge >= 0.3 is 60.6 Å². The van der Waals surface area contributed by atoms with Crippen molar-refractivity contribution in [3.63, 3.8) is 0 Å². The monoisotopic (exact) mass is 139 g/mol. The van der Waals surface area contributed by atoms with Gasteiger partial charge in [0.2, 0.25) is 0 Å². The summed E-state index contributed by atoms with van der Waals surface area (Å²) in [4.78, 5) is 10.9. The van der Waals surface area contributed by atoms with Gasteiger partial charge in [-0.05, 0) is 0 Å². The van der Waals surface area contributed by atoms with Crippen molar-refractivity contribution in [1.29, 1.82) is 0 Å². The van der Waals surface area contributed by atoms with E-state index >= 15 is 0 Å².